The maximum absolute atomic E-state index is 11.7. The van der Waals surface area contributed by atoms with E-state index in [4.69, 9.17) is 5.73 Å². The molecule has 0 unspecified atom stereocenters. The highest BCUT2D eigenvalue weighted by atomic mass is 32.2. The zero-order valence-corrected chi connectivity index (χ0v) is 11.9. The van der Waals surface area contributed by atoms with Crippen molar-refractivity contribution in [3.8, 4) is 0 Å². The number of nitrogens with zero attached hydrogens (tertiary/aromatic N) is 1. The molecule has 0 saturated carbocycles. The highest BCUT2D eigenvalue weighted by Gasteiger charge is 2.08. The predicted molar refractivity (Wildman–Crippen MR) is 80.3 cm³/mol. The molecule has 1 amide bonds. The number of carbonyl (C=O) groups excluding carboxylic acids is 1. The second-order valence-electron chi connectivity index (χ2n) is 4.15. The summed E-state index contributed by atoms with van der Waals surface area (Å²) in [6.07, 6.45) is 0. The van der Waals surface area contributed by atoms with Crippen LogP contribution in [0.3, 0.4) is 0 Å². The lowest BCUT2D eigenvalue weighted by atomic mass is 10.3. The molecule has 0 radical (unpaired) electrons. The minimum atomic E-state index is -0.0132. The summed E-state index contributed by atoms with van der Waals surface area (Å²) < 4.78 is 0.988. The highest BCUT2D eigenvalue weighted by Crippen LogP contribution is 2.27. The number of nitrogens with one attached hydrogen (secondary N) is 1. The van der Waals surface area contributed by atoms with Crippen LogP contribution in [0.4, 0.5) is 10.8 Å². The fourth-order valence-electron chi connectivity index (χ4n) is 1.39. The Bertz CT molecular complexity index is 565. The minimum Gasteiger partial charge on any atom is -0.399 e. The summed E-state index contributed by atoms with van der Waals surface area (Å²) in [5.74, 6) is 0.441. The van der Waals surface area contributed by atoms with Gasteiger partial charge in [-0.1, -0.05) is 25.2 Å². The van der Waals surface area contributed by atoms with Gasteiger partial charge < -0.3 is 11.1 Å². The van der Waals surface area contributed by atoms with Crippen LogP contribution in [0.15, 0.2) is 18.2 Å². The van der Waals surface area contributed by atoms with E-state index >= 15 is 0 Å². The molecule has 2 rings (SSSR count). The lowest BCUT2D eigenvalue weighted by Crippen LogP contribution is -2.14. The zero-order valence-electron chi connectivity index (χ0n) is 10.3. The lowest BCUT2D eigenvalue weighted by Gasteiger charge is -2.03. The SMILES string of the molecule is CC(C)SCC(=O)Nc1nc2ccc(N)cc2s1. The predicted octanol–water partition coefficient (Wildman–Crippen LogP) is 2.96. The van der Waals surface area contributed by atoms with Gasteiger partial charge in [-0.25, -0.2) is 4.98 Å². The summed E-state index contributed by atoms with van der Waals surface area (Å²) in [6, 6.07) is 5.54. The fraction of sp³-hybridized carbons (Fsp3) is 0.333. The number of hydrogen-bond acceptors (Lipinski definition) is 5. The van der Waals surface area contributed by atoms with Gasteiger partial charge in [-0.2, -0.15) is 0 Å². The Morgan fingerprint density at radius 3 is 3.06 bits per heavy atom. The van der Waals surface area contributed by atoms with Crippen molar-refractivity contribution in [2.45, 2.75) is 19.1 Å². The first-order valence-corrected chi connectivity index (χ1v) is 7.48. The maximum atomic E-state index is 11.7. The van der Waals surface area contributed by atoms with Gasteiger partial charge in [0.15, 0.2) is 5.13 Å². The Balaban J connectivity index is 2.05. The Labute approximate surface area is 114 Å². The molecular weight excluding hydrogens is 266 g/mol. The molecule has 0 fully saturated rings. The van der Waals surface area contributed by atoms with Crippen LogP contribution in [0.25, 0.3) is 10.2 Å². The molecule has 96 valence electrons. The van der Waals surface area contributed by atoms with Crippen molar-refractivity contribution in [2.24, 2.45) is 0 Å². The van der Waals surface area contributed by atoms with Crippen LogP contribution in [-0.2, 0) is 4.79 Å². The normalized spacial score (nSPS) is 11.1. The van der Waals surface area contributed by atoms with Crippen LogP contribution in [0, 0.1) is 0 Å². The number of thiazole rings is 1. The summed E-state index contributed by atoms with van der Waals surface area (Å²) in [5.41, 5.74) is 7.27. The molecule has 6 heteroatoms. The minimum absolute atomic E-state index is 0.0132. The van der Waals surface area contributed by atoms with Gasteiger partial charge in [-0.05, 0) is 23.4 Å². The molecule has 0 bridgehead atoms. The molecule has 1 heterocycles. The number of rotatable bonds is 4. The number of fused-ring (bicyclic) bond motifs is 1. The molecule has 0 aliphatic rings. The number of carbonyl (C=O) groups is 1. The van der Waals surface area contributed by atoms with Crippen molar-refractivity contribution in [2.75, 3.05) is 16.8 Å². The van der Waals surface area contributed by atoms with E-state index in [1.54, 1.807) is 11.8 Å². The van der Waals surface area contributed by atoms with Crippen LogP contribution in [0.1, 0.15) is 13.8 Å². The van der Waals surface area contributed by atoms with Crippen molar-refractivity contribution in [1.82, 2.24) is 4.98 Å². The van der Waals surface area contributed by atoms with Gasteiger partial charge in [-0.3, -0.25) is 4.79 Å². The standard InChI is InChI=1S/C12H15N3OS2/c1-7(2)17-6-11(16)15-12-14-9-4-3-8(13)5-10(9)18-12/h3-5,7H,6,13H2,1-2H3,(H,14,15,16). The third-order valence-electron chi connectivity index (χ3n) is 2.21. The van der Waals surface area contributed by atoms with Crippen molar-refractivity contribution in [3.05, 3.63) is 18.2 Å². The van der Waals surface area contributed by atoms with Gasteiger partial charge in [0.2, 0.25) is 5.91 Å². The van der Waals surface area contributed by atoms with Crippen LogP contribution in [0.5, 0.6) is 0 Å². The number of benzene rings is 1. The van der Waals surface area contributed by atoms with Crippen LogP contribution in [-0.4, -0.2) is 21.9 Å². The Morgan fingerprint density at radius 2 is 2.33 bits per heavy atom. The van der Waals surface area contributed by atoms with Crippen molar-refractivity contribution < 1.29 is 4.79 Å². The number of thioether (sulfide) groups is 1. The summed E-state index contributed by atoms with van der Waals surface area (Å²) in [5, 5.41) is 3.89. The molecule has 0 atom stereocenters. The van der Waals surface area contributed by atoms with Gasteiger partial charge in [0.05, 0.1) is 16.0 Å². The van der Waals surface area contributed by atoms with E-state index in [0.29, 0.717) is 21.8 Å². The third kappa shape index (κ3) is 3.36. The van der Waals surface area contributed by atoms with Crippen molar-refractivity contribution in [1.29, 1.82) is 0 Å². The van der Waals surface area contributed by atoms with E-state index in [0.717, 1.165) is 10.2 Å². The molecule has 1 aromatic carbocycles. The first kappa shape index (κ1) is 13.2. The van der Waals surface area contributed by atoms with Gasteiger partial charge in [0.25, 0.3) is 0 Å². The summed E-state index contributed by atoms with van der Waals surface area (Å²) in [4.78, 5) is 16.0. The summed E-state index contributed by atoms with van der Waals surface area (Å²) in [6.45, 7) is 4.14. The zero-order chi connectivity index (χ0) is 13.1. The van der Waals surface area contributed by atoms with E-state index in [1.807, 2.05) is 18.2 Å². The lowest BCUT2D eigenvalue weighted by molar-refractivity contribution is -0.113. The monoisotopic (exact) mass is 281 g/mol. The molecule has 1 aromatic heterocycles. The largest absolute Gasteiger partial charge is 0.399 e. The van der Waals surface area contributed by atoms with E-state index in [9.17, 15) is 4.79 Å². The number of aromatic nitrogens is 1. The van der Waals surface area contributed by atoms with Gasteiger partial charge in [-0.15, -0.1) is 11.8 Å². The van der Waals surface area contributed by atoms with Gasteiger partial charge in [0.1, 0.15) is 0 Å². The molecule has 4 nitrogen and oxygen atoms in total. The number of nitrogen functional groups attached to an aromatic ring is 1. The molecule has 2 aromatic rings. The molecule has 0 aliphatic carbocycles. The smallest absolute Gasteiger partial charge is 0.236 e. The fourth-order valence-corrected chi connectivity index (χ4v) is 2.88. The first-order valence-electron chi connectivity index (χ1n) is 5.62. The van der Waals surface area contributed by atoms with Crippen LogP contribution in [0.2, 0.25) is 0 Å². The number of anilines is 2. The Kier molecular flexibility index (Phi) is 4.08. The third-order valence-corrected chi connectivity index (χ3v) is 4.24. The van der Waals surface area contributed by atoms with E-state index in [-0.39, 0.29) is 5.91 Å². The quantitative estimate of drug-likeness (QED) is 0.845. The molecule has 0 aliphatic heterocycles. The highest BCUT2D eigenvalue weighted by molar-refractivity contribution is 8.00. The Morgan fingerprint density at radius 1 is 1.56 bits per heavy atom. The van der Waals surface area contributed by atoms with E-state index < -0.39 is 0 Å². The van der Waals surface area contributed by atoms with Gasteiger partial charge >= 0.3 is 0 Å². The van der Waals surface area contributed by atoms with Crippen LogP contribution < -0.4 is 11.1 Å². The van der Waals surface area contributed by atoms with Crippen LogP contribution >= 0.6 is 23.1 Å². The topological polar surface area (TPSA) is 68.0 Å². The van der Waals surface area contributed by atoms with E-state index in [2.05, 4.69) is 24.1 Å². The van der Waals surface area contributed by atoms with Crippen molar-refractivity contribution >= 4 is 50.0 Å². The first-order chi connectivity index (χ1) is 8.54. The number of nitrogens with two attached hydrogens (primary N) is 1. The number of amides is 1. The molecule has 18 heavy (non-hydrogen) atoms. The molecule has 0 spiro atoms. The average molecular weight is 281 g/mol. The molecule has 0 saturated heterocycles. The molecular formula is C12H15N3OS2. The Hall–Kier alpha value is -1.27. The molecule has 3 N–H and O–H groups in total. The number of hydrogen-bond donors (Lipinski definition) is 2. The van der Waals surface area contributed by atoms with E-state index in [1.165, 1.54) is 11.3 Å². The average Bonchev–Trinajstić information content (AvgIpc) is 2.67. The second-order valence-corrected chi connectivity index (χ2v) is 6.75. The second kappa shape index (κ2) is 5.58. The maximum Gasteiger partial charge on any atom is 0.236 e. The summed E-state index contributed by atoms with van der Waals surface area (Å²) in [7, 11) is 0. The van der Waals surface area contributed by atoms with Gasteiger partial charge in [0, 0.05) is 5.69 Å². The summed E-state index contributed by atoms with van der Waals surface area (Å²) >= 11 is 3.05. The van der Waals surface area contributed by atoms with Crippen molar-refractivity contribution in [3.63, 3.8) is 0 Å².